The Labute approximate surface area is 324 Å². The number of aliphatic hydroxyl groups is 2. The van der Waals surface area contributed by atoms with Crippen molar-refractivity contribution in [3.8, 4) is 11.5 Å². The highest BCUT2D eigenvalue weighted by Gasteiger charge is 2.57. The molecule has 2 N–H and O–H groups in total. The van der Waals surface area contributed by atoms with Crippen LogP contribution in [0.4, 0.5) is 26.3 Å². The number of thiophene rings is 1. The molecule has 0 saturated carbocycles. The Morgan fingerprint density at radius 1 is 1.02 bits per heavy atom. The summed E-state index contributed by atoms with van der Waals surface area (Å²) in [5.41, 5.74) is -5.39. The van der Waals surface area contributed by atoms with Gasteiger partial charge in [-0.2, -0.15) is 26.3 Å². The first kappa shape index (κ1) is 41.7. The Balaban J connectivity index is 1.28. The van der Waals surface area contributed by atoms with E-state index in [2.05, 4.69) is 4.98 Å². The average molecular weight is 814 g/mol. The van der Waals surface area contributed by atoms with Crippen molar-refractivity contribution in [1.82, 2.24) is 14.8 Å². The molecule has 0 aliphatic carbocycles. The quantitative estimate of drug-likeness (QED) is 0.143. The molecule has 2 aromatic heterocycles. The average Bonchev–Trinajstić information content (AvgIpc) is 3.72. The van der Waals surface area contributed by atoms with Gasteiger partial charge in [0.2, 0.25) is 5.60 Å². The van der Waals surface area contributed by atoms with Crippen molar-refractivity contribution in [2.45, 2.75) is 108 Å². The fourth-order valence-corrected chi connectivity index (χ4v) is 8.59. The molecule has 5 heterocycles. The molecule has 3 saturated heterocycles. The molecule has 3 aromatic rings. The number of likely N-dealkylation sites (tertiary alicyclic amines) is 2. The third-order valence-corrected chi connectivity index (χ3v) is 12.0. The lowest BCUT2D eigenvalue weighted by molar-refractivity contribution is -0.163. The van der Waals surface area contributed by atoms with E-state index in [1.54, 1.807) is 31.2 Å². The second-order valence-corrected chi connectivity index (χ2v) is 16.2. The molecule has 6 rings (SSSR count). The van der Waals surface area contributed by atoms with E-state index in [0.717, 1.165) is 34.7 Å². The number of epoxide rings is 1. The van der Waals surface area contributed by atoms with Crippen molar-refractivity contribution in [2.75, 3.05) is 26.2 Å². The van der Waals surface area contributed by atoms with Crippen molar-refractivity contribution in [3.63, 3.8) is 0 Å². The highest BCUT2D eigenvalue weighted by molar-refractivity contribution is 7.10. The predicted octanol–water partition coefficient (Wildman–Crippen LogP) is 7.43. The molecule has 2 unspecified atom stereocenters. The van der Waals surface area contributed by atoms with Gasteiger partial charge in [0.05, 0.1) is 23.8 Å². The number of aromatic nitrogens is 1. The lowest BCUT2D eigenvalue weighted by Gasteiger charge is -2.51. The summed E-state index contributed by atoms with van der Waals surface area (Å²) in [6.45, 7) is 5.87. The number of halogens is 6. The molecule has 0 bridgehead atoms. The number of ether oxygens (including phenoxy) is 3. The number of benzene rings is 1. The van der Waals surface area contributed by atoms with Gasteiger partial charge in [-0.15, -0.1) is 11.3 Å². The van der Waals surface area contributed by atoms with Crippen LogP contribution in [0.25, 0.3) is 0 Å². The van der Waals surface area contributed by atoms with Crippen LogP contribution in [-0.2, 0) is 27.5 Å². The molecule has 17 heteroatoms. The summed E-state index contributed by atoms with van der Waals surface area (Å²) in [5, 5.41) is 22.9. The van der Waals surface area contributed by atoms with E-state index in [4.69, 9.17) is 14.2 Å². The van der Waals surface area contributed by atoms with Crippen LogP contribution in [0.5, 0.6) is 11.5 Å². The van der Waals surface area contributed by atoms with Gasteiger partial charge in [-0.05, 0) is 55.7 Å². The third kappa shape index (κ3) is 8.50. The van der Waals surface area contributed by atoms with Crippen LogP contribution in [0.15, 0.2) is 54.0 Å². The first-order chi connectivity index (χ1) is 26.3. The fourth-order valence-electron chi connectivity index (χ4n) is 7.91. The fraction of sp³-hybridized carbons (Fsp3) is 0.564. The Bertz CT molecular complexity index is 1880. The lowest BCUT2D eigenvalue weighted by atomic mass is 9.78. The smallest absolute Gasteiger partial charge is 0.425 e. The normalized spacial score (nSPS) is 24.2. The minimum absolute atomic E-state index is 0.0125. The van der Waals surface area contributed by atoms with Gasteiger partial charge in [0.1, 0.15) is 28.2 Å². The summed E-state index contributed by atoms with van der Waals surface area (Å²) in [6.07, 6.45) is -8.54. The number of piperidine rings is 2. The predicted molar refractivity (Wildman–Crippen MR) is 192 cm³/mol. The van der Waals surface area contributed by atoms with Crippen LogP contribution in [0.2, 0.25) is 0 Å². The molecular weight excluding hydrogens is 768 g/mol. The number of nitrogens with zero attached hydrogens (tertiary/aromatic N) is 3. The zero-order chi connectivity index (χ0) is 40.7. The molecule has 0 radical (unpaired) electrons. The summed E-state index contributed by atoms with van der Waals surface area (Å²) < 4.78 is 101. The van der Waals surface area contributed by atoms with Crippen LogP contribution >= 0.6 is 11.3 Å². The van der Waals surface area contributed by atoms with Gasteiger partial charge in [-0.25, -0.2) is 0 Å². The topological polar surface area (TPSA) is 125 Å². The second-order valence-electron chi connectivity index (χ2n) is 15.3. The Morgan fingerprint density at radius 3 is 2.34 bits per heavy atom. The monoisotopic (exact) mass is 813 g/mol. The number of carbonyl (C=O) groups is 2. The van der Waals surface area contributed by atoms with E-state index in [9.17, 15) is 46.1 Å². The summed E-state index contributed by atoms with van der Waals surface area (Å²) in [7, 11) is 0. The first-order valence-electron chi connectivity index (χ1n) is 18.6. The number of hydrogen-bond acceptors (Lipinski definition) is 9. The molecule has 306 valence electrons. The van der Waals surface area contributed by atoms with Crippen LogP contribution in [0, 0.1) is 5.41 Å². The SMILES string of the molecule is CCC[C@H]1N(C(=O)c2ncccc2C(F)(F)F)CCC[C@@]1(Oc1csc(C(F)(F)F)c1)C(=O)N1CCC(O)(c2ccccc2OCCC(C)(C)C2OC2O)CC1. The maximum atomic E-state index is 14.9. The molecule has 56 heavy (non-hydrogen) atoms. The van der Waals surface area contributed by atoms with Crippen LogP contribution in [-0.4, -0.2) is 87.1 Å². The van der Waals surface area contributed by atoms with Crippen LogP contribution in [0.3, 0.4) is 0 Å². The summed E-state index contributed by atoms with van der Waals surface area (Å²) in [6, 6.07) is 8.38. The lowest BCUT2D eigenvalue weighted by Crippen LogP contribution is -2.68. The number of aliphatic hydroxyl groups excluding tert-OH is 1. The summed E-state index contributed by atoms with van der Waals surface area (Å²) in [4.78, 5) is 34.4. The van der Waals surface area contributed by atoms with Gasteiger partial charge in [0, 0.05) is 49.3 Å². The van der Waals surface area contributed by atoms with Crippen LogP contribution in [0.1, 0.15) is 92.2 Å². The van der Waals surface area contributed by atoms with E-state index in [0.29, 0.717) is 35.5 Å². The van der Waals surface area contributed by atoms with E-state index in [1.165, 1.54) is 4.90 Å². The molecule has 0 spiro atoms. The highest BCUT2D eigenvalue weighted by Crippen LogP contribution is 2.45. The van der Waals surface area contributed by atoms with Crippen molar-refractivity contribution >= 4 is 23.2 Å². The largest absolute Gasteiger partial charge is 0.493 e. The number of rotatable bonds is 12. The number of alkyl halides is 6. The van der Waals surface area contributed by atoms with Crippen molar-refractivity contribution in [3.05, 3.63) is 75.7 Å². The van der Waals surface area contributed by atoms with E-state index in [-0.39, 0.29) is 75.6 Å². The van der Waals surface area contributed by atoms with Crippen LogP contribution < -0.4 is 9.47 Å². The molecular formula is C39H45F6N3O7S. The molecule has 10 nitrogen and oxygen atoms in total. The van der Waals surface area contributed by atoms with Gasteiger partial charge in [-0.3, -0.25) is 14.6 Å². The number of hydrogen-bond donors (Lipinski definition) is 2. The third-order valence-electron chi connectivity index (χ3n) is 11.0. The zero-order valence-electron chi connectivity index (χ0n) is 31.2. The van der Waals surface area contributed by atoms with Gasteiger partial charge < -0.3 is 34.2 Å². The maximum absolute atomic E-state index is 14.9. The Morgan fingerprint density at radius 2 is 1.71 bits per heavy atom. The number of pyridine rings is 1. The van der Waals surface area contributed by atoms with E-state index < -0.39 is 63.8 Å². The standard InChI is InChI=1S/C39H45F6N3O7S/c1-4-9-28-37(55-24-22-29(56-23-24)39(43,44)45,13-8-18-48(28)32(49)30-26(38(40,41)42)11-7-17-46-30)34(51)47-19-14-36(52,15-20-47)25-10-5-6-12-27(25)53-21-16-35(2,3)31-33(50)54-31/h5-7,10-12,17,22-23,28,31,33,50,52H,4,8-9,13-16,18-21H2,1-3H3/t28-,31?,33?,37+/m1/s1. The molecule has 3 aliphatic heterocycles. The van der Waals surface area contributed by atoms with Gasteiger partial charge >= 0.3 is 12.4 Å². The molecule has 2 amide bonds. The van der Waals surface area contributed by atoms with E-state index >= 15 is 0 Å². The highest BCUT2D eigenvalue weighted by atomic mass is 32.1. The number of carbonyl (C=O) groups excluding carboxylic acids is 2. The Kier molecular flexibility index (Phi) is 11.8. The van der Waals surface area contributed by atoms with E-state index in [1.807, 2.05) is 13.8 Å². The minimum Gasteiger partial charge on any atom is -0.493 e. The Hall–Kier alpha value is -3.93. The zero-order valence-corrected chi connectivity index (χ0v) is 32.0. The molecule has 3 fully saturated rings. The van der Waals surface area contributed by atoms with Gasteiger partial charge in [0.15, 0.2) is 6.29 Å². The van der Waals surface area contributed by atoms with Crippen molar-refractivity contribution in [1.29, 1.82) is 0 Å². The second kappa shape index (κ2) is 15.8. The first-order valence-corrected chi connectivity index (χ1v) is 19.4. The number of para-hydroxylation sites is 1. The molecule has 1 aromatic carbocycles. The summed E-state index contributed by atoms with van der Waals surface area (Å²) >= 11 is 0.372. The van der Waals surface area contributed by atoms with Gasteiger partial charge in [0.25, 0.3) is 11.8 Å². The summed E-state index contributed by atoms with van der Waals surface area (Å²) in [5.74, 6) is -1.54. The van der Waals surface area contributed by atoms with Gasteiger partial charge in [-0.1, -0.05) is 45.4 Å². The number of amides is 2. The maximum Gasteiger partial charge on any atom is 0.425 e. The van der Waals surface area contributed by atoms with Crippen molar-refractivity contribution < 1.29 is 60.4 Å². The molecule has 4 atom stereocenters. The van der Waals surface area contributed by atoms with Crippen molar-refractivity contribution in [2.24, 2.45) is 5.41 Å². The molecule has 3 aliphatic rings. The minimum atomic E-state index is -4.91.